The summed E-state index contributed by atoms with van der Waals surface area (Å²) in [6.45, 7) is 3.12. The number of carbonyl (C=O) groups is 2. The largest absolute Gasteiger partial charge is 0.354 e. The Kier molecular flexibility index (Phi) is 5.12. The summed E-state index contributed by atoms with van der Waals surface area (Å²) in [5.41, 5.74) is 1.97. The van der Waals surface area contributed by atoms with E-state index >= 15 is 0 Å². The molecular formula is C20H21FN2O2. The fraction of sp³-hybridized carbons (Fsp3) is 0.300. The van der Waals surface area contributed by atoms with Gasteiger partial charge in [0.2, 0.25) is 11.8 Å². The van der Waals surface area contributed by atoms with E-state index in [1.165, 1.54) is 6.07 Å². The number of hydrogen-bond donors (Lipinski definition) is 1. The smallest absolute Gasteiger partial charge is 0.229 e. The third kappa shape index (κ3) is 3.87. The van der Waals surface area contributed by atoms with Crippen LogP contribution in [0.25, 0.3) is 11.1 Å². The van der Waals surface area contributed by atoms with Crippen LogP contribution in [-0.4, -0.2) is 36.3 Å². The predicted molar refractivity (Wildman–Crippen MR) is 94.5 cm³/mol. The maximum absolute atomic E-state index is 14.5. The number of nitrogens with one attached hydrogen (secondary N) is 1. The highest BCUT2D eigenvalue weighted by Crippen LogP contribution is 2.27. The lowest BCUT2D eigenvalue weighted by molar-refractivity contribution is -0.132. The van der Waals surface area contributed by atoms with Crippen LogP contribution < -0.4 is 5.32 Å². The molecule has 5 heteroatoms. The minimum absolute atomic E-state index is 0.0405. The highest BCUT2D eigenvalue weighted by Gasteiger charge is 2.24. The molecule has 25 heavy (non-hydrogen) atoms. The molecule has 2 amide bonds. The van der Waals surface area contributed by atoms with Crippen LogP contribution in [0.3, 0.4) is 0 Å². The topological polar surface area (TPSA) is 49.4 Å². The SMILES string of the molecule is C[C@@H](C(=O)N1CCNC(=O)CC1)c1ccc(-c2ccccc2)c(F)c1. The van der Waals surface area contributed by atoms with Crippen molar-refractivity contribution >= 4 is 11.8 Å². The summed E-state index contributed by atoms with van der Waals surface area (Å²) >= 11 is 0. The first-order valence-electron chi connectivity index (χ1n) is 8.46. The first-order valence-corrected chi connectivity index (χ1v) is 8.46. The number of hydrogen-bond acceptors (Lipinski definition) is 2. The van der Waals surface area contributed by atoms with E-state index in [4.69, 9.17) is 0 Å². The van der Waals surface area contributed by atoms with Crippen LogP contribution in [0.4, 0.5) is 4.39 Å². The Labute approximate surface area is 146 Å². The van der Waals surface area contributed by atoms with Gasteiger partial charge in [0.15, 0.2) is 0 Å². The number of carbonyl (C=O) groups excluding carboxylic acids is 2. The van der Waals surface area contributed by atoms with Gasteiger partial charge in [-0.3, -0.25) is 9.59 Å². The lowest BCUT2D eigenvalue weighted by Crippen LogP contribution is -2.36. The van der Waals surface area contributed by atoms with Crippen LogP contribution in [0.5, 0.6) is 0 Å². The van der Waals surface area contributed by atoms with Crippen molar-refractivity contribution in [2.24, 2.45) is 0 Å². The fourth-order valence-electron chi connectivity index (χ4n) is 3.06. The standard InChI is InChI=1S/C20H21FN2O2/c1-14(20(25)23-11-9-19(24)22-10-12-23)16-7-8-17(18(21)13-16)15-5-3-2-4-6-15/h2-8,13-14H,9-12H2,1H3,(H,22,24)/t14-/m1/s1. The van der Waals surface area contributed by atoms with Gasteiger partial charge in [-0.05, 0) is 24.1 Å². The van der Waals surface area contributed by atoms with Crippen LogP contribution in [0, 0.1) is 5.82 Å². The molecule has 3 rings (SSSR count). The molecule has 0 aromatic heterocycles. The Morgan fingerprint density at radius 2 is 1.92 bits per heavy atom. The maximum atomic E-state index is 14.5. The monoisotopic (exact) mass is 340 g/mol. The Balaban J connectivity index is 1.78. The van der Waals surface area contributed by atoms with Crippen LogP contribution >= 0.6 is 0 Å². The Bertz CT molecular complexity index is 777. The second-order valence-corrected chi connectivity index (χ2v) is 6.25. The van der Waals surface area contributed by atoms with Crippen molar-refractivity contribution in [1.29, 1.82) is 0 Å². The molecule has 1 atom stereocenters. The van der Waals surface area contributed by atoms with Crippen molar-refractivity contribution in [2.45, 2.75) is 19.3 Å². The van der Waals surface area contributed by atoms with Gasteiger partial charge in [-0.1, -0.05) is 42.5 Å². The summed E-state index contributed by atoms with van der Waals surface area (Å²) in [6.07, 6.45) is 0.305. The fourth-order valence-corrected chi connectivity index (χ4v) is 3.06. The molecule has 0 radical (unpaired) electrons. The summed E-state index contributed by atoms with van der Waals surface area (Å²) in [6, 6.07) is 14.3. The Hall–Kier alpha value is -2.69. The number of benzene rings is 2. The van der Waals surface area contributed by atoms with Gasteiger partial charge in [-0.2, -0.15) is 0 Å². The van der Waals surface area contributed by atoms with Crippen LogP contribution in [0.1, 0.15) is 24.8 Å². The summed E-state index contributed by atoms with van der Waals surface area (Å²) in [7, 11) is 0. The summed E-state index contributed by atoms with van der Waals surface area (Å²) < 4.78 is 14.5. The molecule has 0 saturated carbocycles. The first kappa shape index (κ1) is 17.1. The molecule has 130 valence electrons. The van der Waals surface area contributed by atoms with Crippen molar-refractivity contribution in [3.63, 3.8) is 0 Å². The molecule has 0 spiro atoms. The number of nitrogens with zero attached hydrogens (tertiary/aromatic N) is 1. The minimum Gasteiger partial charge on any atom is -0.354 e. The van der Waals surface area contributed by atoms with Gasteiger partial charge in [0, 0.05) is 31.6 Å². The Morgan fingerprint density at radius 3 is 2.64 bits per heavy atom. The maximum Gasteiger partial charge on any atom is 0.229 e. The summed E-state index contributed by atoms with van der Waals surface area (Å²) in [5, 5.41) is 2.75. The average Bonchev–Trinajstić information content (AvgIpc) is 2.85. The van der Waals surface area contributed by atoms with E-state index in [0.29, 0.717) is 37.2 Å². The molecule has 1 fully saturated rings. The molecule has 0 aliphatic carbocycles. The highest BCUT2D eigenvalue weighted by molar-refractivity contribution is 5.85. The third-order valence-electron chi connectivity index (χ3n) is 4.57. The van der Waals surface area contributed by atoms with Gasteiger partial charge in [-0.25, -0.2) is 4.39 Å². The van der Waals surface area contributed by atoms with Gasteiger partial charge in [0.25, 0.3) is 0 Å². The molecule has 1 aliphatic heterocycles. The normalized spacial score (nSPS) is 16.1. The van der Waals surface area contributed by atoms with Crippen LogP contribution in [0.15, 0.2) is 48.5 Å². The quantitative estimate of drug-likeness (QED) is 0.934. The van der Waals surface area contributed by atoms with Crippen molar-refractivity contribution in [3.8, 4) is 11.1 Å². The molecule has 2 aromatic carbocycles. The zero-order valence-electron chi connectivity index (χ0n) is 14.2. The minimum atomic E-state index is -0.451. The number of rotatable bonds is 3. The molecule has 1 saturated heterocycles. The van der Waals surface area contributed by atoms with Crippen molar-refractivity contribution in [1.82, 2.24) is 10.2 Å². The molecule has 1 heterocycles. The zero-order valence-corrected chi connectivity index (χ0v) is 14.2. The van der Waals surface area contributed by atoms with E-state index in [9.17, 15) is 14.0 Å². The molecule has 0 bridgehead atoms. The van der Waals surface area contributed by atoms with E-state index in [2.05, 4.69) is 5.32 Å². The van der Waals surface area contributed by atoms with E-state index in [1.54, 1.807) is 24.0 Å². The highest BCUT2D eigenvalue weighted by atomic mass is 19.1. The Morgan fingerprint density at radius 1 is 1.16 bits per heavy atom. The predicted octanol–water partition coefficient (Wildman–Crippen LogP) is 2.94. The van der Waals surface area contributed by atoms with E-state index in [0.717, 1.165) is 5.56 Å². The molecular weight excluding hydrogens is 319 g/mol. The van der Waals surface area contributed by atoms with E-state index in [-0.39, 0.29) is 17.6 Å². The molecule has 2 aromatic rings. The summed E-state index contributed by atoms with van der Waals surface area (Å²) in [4.78, 5) is 25.8. The van der Waals surface area contributed by atoms with Crippen LogP contribution in [0.2, 0.25) is 0 Å². The van der Waals surface area contributed by atoms with Crippen molar-refractivity contribution in [2.75, 3.05) is 19.6 Å². The second-order valence-electron chi connectivity index (χ2n) is 6.25. The molecule has 0 unspecified atom stereocenters. The van der Waals surface area contributed by atoms with Gasteiger partial charge in [0.05, 0.1) is 5.92 Å². The zero-order chi connectivity index (χ0) is 17.8. The third-order valence-corrected chi connectivity index (χ3v) is 4.57. The lowest BCUT2D eigenvalue weighted by Gasteiger charge is -2.24. The first-order chi connectivity index (χ1) is 12.1. The average molecular weight is 340 g/mol. The van der Waals surface area contributed by atoms with E-state index in [1.807, 2.05) is 30.3 Å². The lowest BCUT2D eigenvalue weighted by atomic mass is 9.96. The van der Waals surface area contributed by atoms with Crippen molar-refractivity contribution < 1.29 is 14.0 Å². The number of amides is 2. The number of halogens is 1. The van der Waals surface area contributed by atoms with Gasteiger partial charge in [0.1, 0.15) is 5.82 Å². The summed E-state index contributed by atoms with van der Waals surface area (Å²) in [5.74, 6) is -0.909. The van der Waals surface area contributed by atoms with E-state index < -0.39 is 5.92 Å². The van der Waals surface area contributed by atoms with Gasteiger partial charge in [-0.15, -0.1) is 0 Å². The molecule has 4 nitrogen and oxygen atoms in total. The van der Waals surface area contributed by atoms with Crippen molar-refractivity contribution in [3.05, 3.63) is 59.9 Å². The van der Waals surface area contributed by atoms with Crippen LogP contribution in [-0.2, 0) is 9.59 Å². The molecule has 1 N–H and O–H groups in total. The second kappa shape index (κ2) is 7.47. The molecule has 1 aliphatic rings. The van der Waals surface area contributed by atoms with Gasteiger partial charge < -0.3 is 10.2 Å². The van der Waals surface area contributed by atoms with Gasteiger partial charge >= 0.3 is 0 Å².